The Hall–Kier alpha value is -1.80. The third-order valence-electron chi connectivity index (χ3n) is 3.67. The van der Waals surface area contributed by atoms with Crippen molar-refractivity contribution in [3.8, 4) is 11.5 Å². The molecule has 2 heteroatoms. The molecule has 2 aromatic carbocycles. The normalized spacial score (nSPS) is 13.0. The highest BCUT2D eigenvalue weighted by atomic mass is 16.5. The molecule has 0 heterocycles. The van der Waals surface area contributed by atoms with Crippen molar-refractivity contribution in [2.45, 2.75) is 45.6 Å². The minimum absolute atomic E-state index is 0.00278. The van der Waals surface area contributed by atoms with Gasteiger partial charge in [0.15, 0.2) is 0 Å². The molecule has 0 saturated carbocycles. The zero-order valence-corrected chi connectivity index (χ0v) is 13.4. The molecule has 2 N–H and O–H groups in total. The highest BCUT2D eigenvalue weighted by molar-refractivity contribution is 5.44. The van der Waals surface area contributed by atoms with E-state index in [2.05, 4.69) is 39.8 Å². The lowest BCUT2D eigenvalue weighted by molar-refractivity contribution is 0.445. The van der Waals surface area contributed by atoms with Crippen LogP contribution < -0.4 is 10.5 Å². The zero-order chi connectivity index (χ0) is 15.5. The van der Waals surface area contributed by atoms with E-state index in [1.807, 2.05) is 36.4 Å². The second-order valence-electron chi connectivity index (χ2n) is 6.40. The Balaban J connectivity index is 2.40. The van der Waals surface area contributed by atoms with Crippen LogP contribution in [-0.2, 0) is 5.41 Å². The molecular formula is C19H25NO. The summed E-state index contributed by atoms with van der Waals surface area (Å²) >= 11 is 0. The number of hydrogen-bond donors (Lipinski definition) is 1. The van der Waals surface area contributed by atoms with E-state index in [1.165, 1.54) is 5.56 Å². The number of nitrogens with two attached hydrogens (primary N) is 1. The molecule has 0 bridgehead atoms. The Kier molecular flexibility index (Phi) is 4.69. The van der Waals surface area contributed by atoms with Crippen molar-refractivity contribution >= 4 is 0 Å². The molecular weight excluding hydrogens is 258 g/mol. The zero-order valence-electron chi connectivity index (χ0n) is 13.4. The first-order chi connectivity index (χ1) is 9.93. The number of ether oxygens (including phenoxy) is 1. The van der Waals surface area contributed by atoms with Crippen molar-refractivity contribution in [3.05, 3.63) is 59.7 Å². The van der Waals surface area contributed by atoms with Crippen LogP contribution in [0.2, 0.25) is 0 Å². The topological polar surface area (TPSA) is 35.2 Å². The van der Waals surface area contributed by atoms with Gasteiger partial charge in [0.2, 0.25) is 0 Å². The van der Waals surface area contributed by atoms with Gasteiger partial charge in [0.05, 0.1) is 0 Å². The SMILES string of the molecule is CC[C@@H](N)c1ccccc1Oc1ccccc1C(C)(C)C. The lowest BCUT2D eigenvalue weighted by atomic mass is 9.86. The fourth-order valence-corrected chi connectivity index (χ4v) is 2.39. The molecule has 2 rings (SSSR count). The van der Waals surface area contributed by atoms with E-state index in [-0.39, 0.29) is 11.5 Å². The average Bonchev–Trinajstić information content (AvgIpc) is 2.46. The van der Waals surface area contributed by atoms with Gasteiger partial charge in [-0.1, -0.05) is 64.1 Å². The van der Waals surface area contributed by atoms with Crippen molar-refractivity contribution in [2.75, 3.05) is 0 Å². The molecule has 2 nitrogen and oxygen atoms in total. The molecule has 1 atom stereocenters. The summed E-state index contributed by atoms with van der Waals surface area (Å²) in [6.45, 7) is 8.67. The summed E-state index contributed by atoms with van der Waals surface area (Å²) in [7, 11) is 0. The van der Waals surface area contributed by atoms with Gasteiger partial charge in [-0.15, -0.1) is 0 Å². The van der Waals surface area contributed by atoms with Crippen LogP contribution in [0.1, 0.15) is 51.3 Å². The Morgan fingerprint density at radius 1 is 0.952 bits per heavy atom. The maximum atomic E-state index is 6.21. The van der Waals surface area contributed by atoms with Crippen molar-refractivity contribution in [1.82, 2.24) is 0 Å². The molecule has 2 aromatic rings. The Labute approximate surface area is 127 Å². The van der Waals surface area contributed by atoms with Crippen LogP contribution in [0.25, 0.3) is 0 Å². The van der Waals surface area contributed by atoms with Crippen LogP contribution in [0.3, 0.4) is 0 Å². The van der Waals surface area contributed by atoms with Crippen LogP contribution >= 0.6 is 0 Å². The molecule has 0 spiro atoms. The molecule has 21 heavy (non-hydrogen) atoms. The van der Waals surface area contributed by atoms with Crippen molar-refractivity contribution < 1.29 is 4.74 Å². The Morgan fingerprint density at radius 2 is 1.52 bits per heavy atom. The average molecular weight is 283 g/mol. The maximum Gasteiger partial charge on any atom is 0.132 e. The second-order valence-corrected chi connectivity index (χ2v) is 6.40. The first kappa shape index (κ1) is 15.6. The summed E-state index contributed by atoms with van der Waals surface area (Å²) in [5.41, 5.74) is 8.49. The van der Waals surface area contributed by atoms with Gasteiger partial charge in [0.1, 0.15) is 11.5 Å². The minimum Gasteiger partial charge on any atom is -0.457 e. The van der Waals surface area contributed by atoms with Crippen LogP contribution in [0.4, 0.5) is 0 Å². The third kappa shape index (κ3) is 3.64. The van der Waals surface area contributed by atoms with E-state index in [0.717, 1.165) is 23.5 Å². The molecule has 0 saturated heterocycles. The van der Waals surface area contributed by atoms with Crippen LogP contribution in [-0.4, -0.2) is 0 Å². The number of benzene rings is 2. The summed E-state index contributed by atoms with van der Waals surface area (Å²) in [6, 6.07) is 16.2. The van der Waals surface area contributed by atoms with E-state index < -0.39 is 0 Å². The standard InChI is InChI=1S/C19H25NO/c1-5-16(20)14-10-6-8-12-17(14)21-18-13-9-7-11-15(18)19(2,3)4/h6-13,16H,5,20H2,1-4H3/t16-/m1/s1. The fraction of sp³-hybridized carbons (Fsp3) is 0.368. The summed E-state index contributed by atoms with van der Waals surface area (Å²) in [4.78, 5) is 0. The predicted octanol–water partition coefficient (Wildman–Crippen LogP) is 5.19. The maximum absolute atomic E-state index is 6.21. The highest BCUT2D eigenvalue weighted by Crippen LogP contribution is 2.36. The molecule has 0 aliphatic heterocycles. The van der Waals surface area contributed by atoms with Gasteiger partial charge >= 0.3 is 0 Å². The molecule has 0 fully saturated rings. The van der Waals surface area contributed by atoms with Gasteiger partial charge < -0.3 is 10.5 Å². The van der Waals surface area contributed by atoms with Gasteiger partial charge in [-0.2, -0.15) is 0 Å². The fourth-order valence-electron chi connectivity index (χ4n) is 2.39. The Morgan fingerprint density at radius 3 is 2.14 bits per heavy atom. The molecule has 0 amide bonds. The van der Waals surface area contributed by atoms with Crippen LogP contribution in [0.15, 0.2) is 48.5 Å². The minimum atomic E-state index is 0.00278. The van der Waals surface area contributed by atoms with Gasteiger partial charge in [0, 0.05) is 17.2 Å². The molecule has 0 aliphatic carbocycles. The Bertz CT molecular complexity index is 599. The molecule has 0 aromatic heterocycles. The summed E-state index contributed by atoms with van der Waals surface area (Å²) < 4.78 is 6.21. The lowest BCUT2D eigenvalue weighted by Gasteiger charge is -2.23. The monoisotopic (exact) mass is 283 g/mol. The van der Waals surface area contributed by atoms with Crippen LogP contribution in [0.5, 0.6) is 11.5 Å². The van der Waals surface area contributed by atoms with Crippen molar-refractivity contribution in [3.63, 3.8) is 0 Å². The highest BCUT2D eigenvalue weighted by Gasteiger charge is 2.20. The molecule has 0 aliphatic rings. The van der Waals surface area contributed by atoms with Crippen LogP contribution in [0, 0.1) is 0 Å². The molecule has 0 unspecified atom stereocenters. The largest absolute Gasteiger partial charge is 0.457 e. The van der Waals surface area contributed by atoms with E-state index in [4.69, 9.17) is 10.5 Å². The van der Waals surface area contributed by atoms with E-state index in [0.29, 0.717) is 0 Å². The van der Waals surface area contributed by atoms with Gasteiger partial charge in [-0.25, -0.2) is 0 Å². The summed E-state index contributed by atoms with van der Waals surface area (Å²) in [5, 5.41) is 0. The van der Waals surface area contributed by atoms with Crippen molar-refractivity contribution in [2.24, 2.45) is 5.73 Å². The molecule has 112 valence electrons. The lowest BCUT2D eigenvalue weighted by Crippen LogP contribution is -2.13. The smallest absolute Gasteiger partial charge is 0.132 e. The third-order valence-corrected chi connectivity index (χ3v) is 3.67. The first-order valence-electron chi connectivity index (χ1n) is 7.55. The van der Waals surface area contributed by atoms with Gasteiger partial charge in [0.25, 0.3) is 0 Å². The molecule has 0 radical (unpaired) electrons. The van der Waals surface area contributed by atoms with E-state index in [1.54, 1.807) is 0 Å². The van der Waals surface area contributed by atoms with E-state index in [9.17, 15) is 0 Å². The first-order valence-corrected chi connectivity index (χ1v) is 7.55. The number of hydrogen-bond acceptors (Lipinski definition) is 2. The number of para-hydroxylation sites is 2. The van der Waals surface area contributed by atoms with Gasteiger partial charge in [-0.05, 0) is 24.0 Å². The predicted molar refractivity (Wildman–Crippen MR) is 88.9 cm³/mol. The summed E-state index contributed by atoms with van der Waals surface area (Å²) in [6.07, 6.45) is 0.890. The number of rotatable bonds is 4. The second kappa shape index (κ2) is 6.31. The quantitative estimate of drug-likeness (QED) is 0.838. The summed E-state index contributed by atoms with van der Waals surface area (Å²) in [5.74, 6) is 1.75. The van der Waals surface area contributed by atoms with Crippen molar-refractivity contribution in [1.29, 1.82) is 0 Å². The van der Waals surface area contributed by atoms with Gasteiger partial charge in [-0.3, -0.25) is 0 Å². The van der Waals surface area contributed by atoms with E-state index >= 15 is 0 Å².